The number of anilines is 1. The van der Waals surface area contributed by atoms with Gasteiger partial charge >= 0.3 is 0 Å². The smallest absolute Gasteiger partial charge is 0.217 e. The molecular formula is C30H42N2O4S. The molecule has 202 valence electrons. The summed E-state index contributed by atoms with van der Waals surface area (Å²) < 4.78 is 17.9. The Hall–Kier alpha value is -2.80. The predicted molar refractivity (Wildman–Crippen MR) is 154 cm³/mol. The van der Waals surface area contributed by atoms with Gasteiger partial charge in [-0.2, -0.15) is 0 Å². The van der Waals surface area contributed by atoms with Crippen molar-refractivity contribution in [3.05, 3.63) is 39.9 Å². The molecule has 0 saturated carbocycles. The summed E-state index contributed by atoms with van der Waals surface area (Å²) in [5, 5.41) is 6.70. The van der Waals surface area contributed by atoms with Crippen LogP contribution in [-0.4, -0.2) is 33.8 Å². The van der Waals surface area contributed by atoms with Crippen LogP contribution in [0.2, 0.25) is 0 Å². The van der Waals surface area contributed by atoms with E-state index in [4.69, 9.17) is 26.4 Å². The lowest BCUT2D eigenvalue weighted by Crippen LogP contribution is -2.26. The van der Waals surface area contributed by atoms with Crippen LogP contribution in [0.5, 0.6) is 17.2 Å². The van der Waals surface area contributed by atoms with Gasteiger partial charge in [-0.1, -0.05) is 63.7 Å². The monoisotopic (exact) mass is 526 g/mol. The summed E-state index contributed by atoms with van der Waals surface area (Å²) in [4.78, 5) is 12.1. The number of carbonyl (C=O) groups excluding carboxylic acids is 1. The van der Waals surface area contributed by atoms with Gasteiger partial charge in [0.2, 0.25) is 11.7 Å². The van der Waals surface area contributed by atoms with Gasteiger partial charge in [-0.25, -0.2) is 0 Å². The Labute approximate surface area is 227 Å². The van der Waals surface area contributed by atoms with Crippen molar-refractivity contribution in [1.29, 1.82) is 0 Å². The number of amides is 1. The molecule has 37 heavy (non-hydrogen) atoms. The lowest BCUT2D eigenvalue weighted by molar-refractivity contribution is -0.119. The maximum absolute atomic E-state index is 12.1. The molecule has 0 radical (unpaired) electrons. The number of methoxy groups -OCH3 is 3. The Morgan fingerprint density at radius 3 is 2.32 bits per heavy atom. The minimum atomic E-state index is -0.174. The highest BCUT2D eigenvalue weighted by molar-refractivity contribution is 7.71. The Morgan fingerprint density at radius 2 is 1.68 bits per heavy atom. The number of carbonyl (C=O) groups is 1. The van der Waals surface area contributed by atoms with Gasteiger partial charge in [0, 0.05) is 19.0 Å². The zero-order valence-electron chi connectivity index (χ0n) is 23.0. The van der Waals surface area contributed by atoms with Gasteiger partial charge in [-0.15, -0.1) is 0 Å². The average molecular weight is 527 g/mol. The molecule has 0 aromatic heterocycles. The van der Waals surface area contributed by atoms with Crippen molar-refractivity contribution in [2.45, 2.75) is 77.7 Å². The van der Waals surface area contributed by atoms with Crippen LogP contribution in [0, 0.1) is 4.51 Å². The SMILES string of the molecule is CCCCCCCCCNc1ccc2c(cc1=S)C(NC(C)=O)CCc1cc(OC)c(OC)c(OC)c1-2. The second-order valence-electron chi connectivity index (χ2n) is 9.64. The summed E-state index contributed by atoms with van der Waals surface area (Å²) in [5.41, 5.74) is 4.91. The molecule has 1 aliphatic carbocycles. The highest BCUT2D eigenvalue weighted by Crippen LogP contribution is 2.50. The number of unbranched alkanes of at least 4 members (excludes halogenated alkanes) is 6. The van der Waals surface area contributed by atoms with Crippen LogP contribution in [0.3, 0.4) is 0 Å². The first-order valence-corrected chi connectivity index (χ1v) is 13.9. The van der Waals surface area contributed by atoms with Crippen molar-refractivity contribution >= 4 is 23.8 Å². The van der Waals surface area contributed by atoms with Crippen LogP contribution in [0.4, 0.5) is 5.69 Å². The molecule has 2 aromatic rings. The summed E-state index contributed by atoms with van der Waals surface area (Å²) in [6, 6.07) is 8.01. The van der Waals surface area contributed by atoms with E-state index in [0.717, 1.165) is 58.3 Å². The molecule has 0 bridgehead atoms. The summed E-state index contributed by atoms with van der Waals surface area (Å²) >= 11 is 5.86. The lowest BCUT2D eigenvalue weighted by atomic mass is 9.95. The van der Waals surface area contributed by atoms with Crippen LogP contribution in [0.1, 0.15) is 82.4 Å². The second kappa shape index (κ2) is 14.2. The molecule has 3 rings (SSSR count). The lowest BCUT2D eigenvalue weighted by Gasteiger charge is -2.19. The Balaban J connectivity index is 1.99. The minimum absolute atomic E-state index is 0.0706. The summed E-state index contributed by atoms with van der Waals surface area (Å²) in [5.74, 6) is 1.73. The van der Waals surface area contributed by atoms with Crippen molar-refractivity contribution in [2.75, 3.05) is 33.2 Å². The number of aryl methyl sites for hydroxylation is 1. The van der Waals surface area contributed by atoms with E-state index in [2.05, 4.69) is 29.7 Å². The first-order valence-electron chi connectivity index (χ1n) is 13.5. The Bertz CT molecular complexity index is 1140. The molecule has 2 aromatic carbocycles. The van der Waals surface area contributed by atoms with Gasteiger partial charge in [-0.3, -0.25) is 4.79 Å². The second-order valence-corrected chi connectivity index (χ2v) is 10.1. The number of fused-ring (bicyclic) bond motifs is 3. The van der Waals surface area contributed by atoms with Gasteiger partial charge < -0.3 is 24.8 Å². The molecule has 0 fully saturated rings. The van der Waals surface area contributed by atoms with Gasteiger partial charge in [0.1, 0.15) is 0 Å². The molecule has 7 heteroatoms. The predicted octanol–water partition coefficient (Wildman–Crippen LogP) is 7.39. The average Bonchev–Trinajstić information content (AvgIpc) is 3.13. The fourth-order valence-corrected chi connectivity index (χ4v) is 5.43. The first-order chi connectivity index (χ1) is 17.9. The molecule has 1 amide bonds. The highest BCUT2D eigenvalue weighted by atomic mass is 32.1. The molecule has 2 N–H and O–H groups in total. The van der Waals surface area contributed by atoms with Crippen LogP contribution in [-0.2, 0) is 11.2 Å². The number of hydrogen-bond donors (Lipinski definition) is 2. The number of hydrogen-bond acceptors (Lipinski definition) is 6. The van der Waals surface area contributed by atoms with E-state index >= 15 is 0 Å². The van der Waals surface area contributed by atoms with Crippen LogP contribution in [0.15, 0.2) is 24.3 Å². The quantitative estimate of drug-likeness (QED) is 0.209. The van der Waals surface area contributed by atoms with E-state index in [0.29, 0.717) is 17.2 Å². The van der Waals surface area contributed by atoms with E-state index in [1.54, 1.807) is 28.3 Å². The number of benzene rings is 1. The summed E-state index contributed by atoms with van der Waals surface area (Å²) in [6.07, 6.45) is 10.3. The third-order valence-electron chi connectivity index (χ3n) is 7.01. The third-order valence-corrected chi connectivity index (χ3v) is 7.35. The zero-order valence-corrected chi connectivity index (χ0v) is 23.8. The van der Waals surface area contributed by atoms with Gasteiger partial charge in [0.05, 0.1) is 37.6 Å². The Kier molecular flexibility index (Phi) is 11.1. The van der Waals surface area contributed by atoms with Crippen molar-refractivity contribution in [3.63, 3.8) is 0 Å². The van der Waals surface area contributed by atoms with E-state index in [1.807, 2.05) is 12.1 Å². The molecule has 1 unspecified atom stereocenters. The first kappa shape index (κ1) is 28.8. The van der Waals surface area contributed by atoms with E-state index < -0.39 is 0 Å². The molecule has 1 aliphatic rings. The molecule has 0 heterocycles. The molecule has 0 saturated heterocycles. The number of ether oxygens (including phenoxy) is 3. The molecular weight excluding hydrogens is 484 g/mol. The third kappa shape index (κ3) is 7.16. The highest BCUT2D eigenvalue weighted by Gasteiger charge is 2.29. The zero-order chi connectivity index (χ0) is 26.8. The van der Waals surface area contributed by atoms with Crippen molar-refractivity contribution < 1.29 is 19.0 Å². The van der Waals surface area contributed by atoms with E-state index in [1.165, 1.54) is 38.5 Å². The van der Waals surface area contributed by atoms with Crippen LogP contribution in [0.25, 0.3) is 11.1 Å². The van der Waals surface area contributed by atoms with E-state index in [-0.39, 0.29) is 11.9 Å². The molecule has 1 atom stereocenters. The maximum atomic E-state index is 12.1. The van der Waals surface area contributed by atoms with E-state index in [9.17, 15) is 4.79 Å². The number of rotatable bonds is 13. The Morgan fingerprint density at radius 1 is 0.973 bits per heavy atom. The number of nitrogens with one attached hydrogen (secondary N) is 2. The standard InChI is InChI=1S/C30H42N2O4S/c1-6-7-8-9-10-11-12-17-31-25-16-14-22-23(19-27(25)37)24(32-20(2)33)15-13-21-18-26(34-3)29(35-4)30(36-5)28(21)22/h14,16,18-19,24H,6-13,15,17H2,1-5H3,(H,31,37)(H,32,33). The minimum Gasteiger partial charge on any atom is -0.493 e. The fraction of sp³-hybridized carbons (Fsp3) is 0.533. The largest absolute Gasteiger partial charge is 0.493 e. The fourth-order valence-electron chi connectivity index (χ4n) is 5.16. The van der Waals surface area contributed by atoms with Gasteiger partial charge in [-0.05, 0) is 54.2 Å². The molecule has 6 nitrogen and oxygen atoms in total. The van der Waals surface area contributed by atoms with Crippen molar-refractivity contribution in [2.24, 2.45) is 0 Å². The molecule has 0 aliphatic heterocycles. The van der Waals surface area contributed by atoms with Gasteiger partial charge in [0.25, 0.3) is 0 Å². The molecule has 0 spiro atoms. The summed E-state index contributed by atoms with van der Waals surface area (Å²) in [6.45, 7) is 4.68. The topological polar surface area (TPSA) is 68.8 Å². The van der Waals surface area contributed by atoms with Crippen LogP contribution >= 0.6 is 12.2 Å². The van der Waals surface area contributed by atoms with Crippen LogP contribution < -0.4 is 24.8 Å². The van der Waals surface area contributed by atoms with Crippen molar-refractivity contribution in [1.82, 2.24) is 5.32 Å². The summed E-state index contributed by atoms with van der Waals surface area (Å²) in [7, 11) is 4.88. The van der Waals surface area contributed by atoms with Gasteiger partial charge in [0.15, 0.2) is 11.5 Å². The maximum Gasteiger partial charge on any atom is 0.217 e. The normalized spacial score (nSPS) is 14.1. The van der Waals surface area contributed by atoms with Crippen molar-refractivity contribution in [3.8, 4) is 28.4 Å².